The summed E-state index contributed by atoms with van der Waals surface area (Å²) in [7, 11) is 3.93. The first-order valence-corrected chi connectivity index (χ1v) is 7.83. The van der Waals surface area contributed by atoms with Crippen molar-refractivity contribution in [2.24, 2.45) is 0 Å². The van der Waals surface area contributed by atoms with Gasteiger partial charge in [-0.3, -0.25) is 9.80 Å². The van der Waals surface area contributed by atoms with Crippen molar-refractivity contribution in [1.29, 1.82) is 0 Å². The van der Waals surface area contributed by atoms with Crippen LogP contribution in [-0.4, -0.2) is 62.3 Å². The predicted octanol–water partition coefficient (Wildman–Crippen LogP) is 1.97. The minimum absolute atomic E-state index is 0.357. The molecule has 5 heteroatoms. The summed E-state index contributed by atoms with van der Waals surface area (Å²) in [5, 5.41) is 0. The SMILES string of the molecule is COc1cc(Br)ccc1CN1C[C@@H]2OCCN(C)[C@H]2C1. The number of likely N-dealkylation sites (N-methyl/N-ethyl adjacent to an activating group) is 1. The molecular weight excluding hydrogens is 320 g/mol. The Morgan fingerprint density at radius 3 is 3.00 bits per heavy atom. The normalized spacial score (nSPS) is 27.6. The number of rotatable bonds is 3. The van der Waals surface area contributed by atoms with Crippen LogP contribution >= 0.6 is 15.9 Å². The van der Waals surface area contributed by atoms with Gasteiger partial charge in [-0.2, -0.15) is 0 Å². The largest absolute Gasteiger partial charge is 0.496 e. The molecule has 2 fully saturated rings. The number of hydrogen-bond donors (Lipinski definition) is 0. The predicted molar refractivity (Wildman–Crippen MR) is 82.1 cm³/mol. The van der Waals surface area contributed by atoms with Crippen molar-refractivity contribution in [1.82, 2.24) is 9.80 Å². The van der Waals surface area contributed by atoms with Gasteiger partial charge in [0, 0.05) is 42.3 Å². The molecule has 0 bridgehead atoms. The Labute approximate surface area is 128 Å². The smallest absolute Gasteiger partial charge is 0.124 e. The first-order chi connectivity index (χ1) is 9.67. The van der Waals surface area contributed by atoms with E-state index in [4.69, 9.17) is 9.47 Å². The molecule has 0 unspecified atom stereocenters. The maximum absolute atomic E-state index is 5.89. The third-order valence-corrected chi connectivity index (χ3v) is 4.79. The number of nitrogens with zero attached hydrogens (tertiary/aromatic N) is 2. The van der Waals surface area contributed by atoms with Crippen molar-refractivity contribution in [3.05, 3.63) is 28.2 Å². The van der Waals surface area contributed by atoms with Crippen molar-refractivity contribution in [2.75, 3.05) is 40.4 Å². The van der Waals surface area contributed by atoms with Gasteiger partial charge in [-0.25, -0.2) is 0 Å². The number of fused-ring (bicyclic) bond motifs is 1. The summed E-state index contributed by atoms with van der Waals surface area (Å²) in [6.07, 6.45) is 0.357. The monoisotopic (exact) mass is 340 g/mol. The fraction of sp³-hybridized carbons (Fsp3) is 0.600. The molecule has 0 amide bonds. The lowest BCUT2D eigenvalue weighted by atomic mass is 10.1. The van der Waals surface area contributed by atoms with Gasteiger partial charge in [0.2, 0.25) is 0 Å². The molecule has 4 nitrogen and oxygen atoms in total. The summed E-state index contributed by atoms with van der Waals surface area (Å²) in [5.74, 6) is 0.948. The van der Waals surface area contributed by atoms with E-state index in [2.05, 4.69) is 44.9 Å². The summed E-state index contributed by atoms with van der Waals surface area (Å²) in [6.45, 7) is 4.89. The molecule has 1 aromatic carbocycles. The molecule has 3 rings (SSSR count). The zero-order chi connectivity index (χ0) is 14.1. The second-order valence-corrected chi connectivity index (χ2v) is 6.52. The lowest BCUT2D eigenvalue weighted by molar-refractivity contribution is -0.0370. The number of hydrogen-bond acceptors (Lipinski definition) is 4. The van der Waals surface area contributed by atoms with Crippen LogP contribution in [0.5, 0.6) is 5.75 Å². The maximum atomic E-state index is 5.89. The molecule has 110 valence electrons. The minimum Gasteiger partial charge on any atom is -0.496 e. The fourth-order valence-electron chi connectivity index (χ4n) is 3.15. The van der Waals surface area contributed by atoms with Crippen LogP contribution in [0.2, 0.25) is 0 Å². The molecule has 0 N–H and O–H groups in total. The van der Waals surface area contributed by atoms with Crippen LogP contribution in [0.3, 0.4) is 0 Å². The number of morpholine rings is 1. The van der Waals surface area contributed by atoms with Gasteiger partial charge in [-0.05, 0) is 19.2 Å². The van der Waals surface area contributed by atoms with Gasteiger partial charge in [0.1, 0.15) is 5.75 Å². The van der Waals surface area contributed by atoms with E-state index >= 15 is 0 Å². The standard InChI is InChI=1S/C15H21BrN2O2/c1-17-5-6-20-15-10-18(9-13(15)17)8-11-3-4-12(16)7-14(11)19-2/h3-4,7,13,15H,5-6,8-10H2,1-2H3/t13-,15-/m0/s1. The fourth-order valence-corrected chi connectivity index (χ4v) is 3.49. The van der Waals surface area contributed by atoms with E-state index in [9.17, 15) is 0 Å². The van der Waals surface area contributed by atoms with Gasteiger partial charge in [-0.1, -0.05) is 22.0 Å². The highest BCUT2D eigenvalue weighted by atomic mass is 79.9. The van der Waals surface area contributed by atoms with Crippen molar-refractivity contribution in [3.8, 4) is 5.75 Å². The van der Waals surface area contributed by atoms with Crippen LogP contribution in [0.15, 0.2) is 22.7 Å². The quantitative estimate of drug-likeness (QED) is 0.839. The summed E-state index contributed by atoms with van der Waals surface area (Å²) >= 11 is 3.49. The van der Waals surface area contributed by atoms with E-state index in [1.54, 1.807) is 7.11 Å². The maximum Gasteiger partial charge on any atom is 0.124 e. The first kappa shape index (κ1) is 14.3. The molecule has 0 saturated carbocycles. The summed E-state index contributed by atoms with van der Waals surface area (Å²) in [6, 6.07) is 6.77. The van der Waals surface area contributed by atoms with Crippen molar-refractivity contribution >= 4 is 15.9 Å². The Balaban J connectivity index is 1.70. The Morgan fingerprint density at radius 2 is 2.25 bits per heavy atom. The van der Waals surface area contributed by atoms with Gasteiger partial charge in [0.25, 0.3) is 0 Å². The van der Waals surface area contributed by atoms with Gasteiger partial charge >= 0.3 is 0 Å². The van der Waals surface area contributed by atoms with E-state index in [-0.39, 0.29) is 0 Å². The number of halogens is 1. The molecule has 2 atom stereocenters. The lowest BCUT2D eigenvalue weighted by Crippen LogP contribution is -2.48. The average molecular weight is 341 g/mol. The van der Waals surface area contributed by atoms with E-state index < -0.39 is 0 Å². The Kier molecular flexibility index (Phi) is 4.31. The van der Waals surface area contributed by atoms with E-state index in [1.165, 1.54) is 5.56 Å². The molecular formula is C15H21BrN2O2. The number of benzene rings is 1. The van der Waals surface area contributed by atoms with Crippen LogP contribution < -0.4 is 4.74 Å². The topological polar surface area (TPSA) is 24.9 Å². The molecule has 0 radical (unpaired) electrons. The highest BCUT2D eigenvalue weighted by molar-refractivity contribution is 9.10. The number of ether oxygens (including phenoxy) is 2. The molecule has 2 aliphatic rings. The molecule has 2 aliphatic heterocycles. The Hall–Kier alpha value is -0.620. The highest BCUT2D eigenvalue weighted by Gasteiger charge is 2.38. The average Bonchev–Trinajstić information content (AvgIpc) is 2.85. The zero-order valence-corrected chi connectivity index (χ0v) is 13.6. The van der Waals surface area contributed by atoms with Gasteiger partial charge in [-0.15, -0.1) is 0 Å². The van der Waals surface area contributed by atoms with E-state index in [1.807, 2.05) is 6.07 Å². The van der Waals surface area contributed by atoms with Crippen LogP contribution in [0.25, 0.3) is 0 Å². The van der Waals surface area contributed by atoms with E-state index in [0.717, 1.165) is 43.0 Å². The minimum atomic E-state index is 0.357. The second-order valence-electron chi connectivity index (χ2n) is 5.61. The van der Waals surface area contributed by atoms with Crippen LogP contribution in [0.1, 0.15) is 5.56 Å². The van der Waals surface area contributed by atoms with E-state index in [0.29, 0.717) is 12.1 Å². The Bertz CT molecular complexity index is 483. The third-order valence-electron chi connectivity index (χ3n) is 4.30. The second kappa shape index (κ2) is 6.02. The highest BCUT2D eigenvalue weighted by Crippen LogP contribution is 2.28. The van der Waals surface area contributed by atoms with Crippen LogP contribution in [0, 0.1) is 0 Å². The number of likely N-dealkylation sites (tertiary alicyclic amines) is 1. The van der Waals surface area contributed by atoms with Crippen molar-refractivity contribution in [3.63, 3.8) is 0 Å². The van der Waals surface area contributed by atoms with Gasteiger partial charge < -0.3 is 9.47 Å². The third kappa shape index (κ3) is 2.86. The van der Waals surface area contributed by atoms with Gasteiger partial charge in [0.05, 0.1) is 19.8 Å². The lowest BCUT2D eigenvalue weighted by Gasteiger charge is -2.33. The van der Waals surface area contributed by atoms with Crippen molar-refractivity contribution < 1.29 is 9.47 Å². The molecule has 2 saturated heterocycles. The first-order valence-electron chi connectivity index (χ1n) is 7.04. The molecule has 2 heterocycles. The van der Waals surface area contributed by atoms with Crippen molar-refractivity contribution in [2.45, 2.75) is 18.7 Å². The summed E-state index contributed by atoms with van der Waals surface area (Å²) in [5.41, 5.74) is 1.23. The molecule has 0 aromatic heterocycles. The van der Waals surface area contributed by atoms with Crippen LogP contribution in [-0.2, 0) is 11.3 Å². The molecule has 0 spiro atoms. The molecule has 20 heavy (non-hydrogen) atoms. The van der Waals surface area contributed by atoms with Crippen LogP contribution in [0.4, 0.5) is 0 Å². The zero-order valence-electron chi connectivity index (χ0n) is 12.0. The summed E-state index contributed by atoms with van der Waals surface area (Å²) < 4.78 is 12.4. The number of methoxy groups -OCH3 is 1. The summed E-state index contributed by atoms with van der Waals surface area (Å²) in [4.78, 5) is 4.88. The Morgan fingerprint density at radius 1 is 1.40 bits per heavy atom. The molecule has 1 aromatic rings. The molecule has 0 aliphatic carbocycles. The van der Waals surface area contributed by atoms with Gasteiger partial charge in [0.15, 0.2) is 0 Å².